The highest BCUT2D eigenvalue weighted by Gasteiger charge is 2.23. The summed E-state index contributed by atoms with van der Waals surface area (Å²) in [5, 5.41) is 17.8. The van der Waals surface area contributed by atoms with Gasteiger partial charge in [0.15, 0.2) is 0 Å². The van der Waals surface area contributed by atoms with Gasteiger partial charge in [0.05, 0.1) is 18.1 Å². The third-order valence-electron chi connectivity index (χ3n) is 1.93. The van der Waals surface area contributed by atoms with E-state index in [1.165, 1.54) is 0 Å². The molecule has 1 fully saturated rings. The van der Waals surface area contributed by atoms with E-state index in [9.17, 15) is 5.11 Å². The van der Waals surface area contributed by atoms with Gasteiger partial charge in [-0.15, -0.1) is 0 Å². The summed E-state index contributed by atoms with van der Waals surface area (Å²) >= 11 is 0. The minimum Gasteiger partial charge on any atom is -0.392 e. The molecule has 2 nitrogen and oxygen atoms in total. The van der Waals surface area contributed by atoms with Crippen molar-refractivity contribution in [2.75, 3.05) is 0 Å². The van der Waals surface area contributed by atoms with E-state index in [0.29, 0.717) is 12.8 Å². The Morgan fingerprint density at radius 2 is 2.40 bits per heavy atom. The highest BCUT2D eigenvalue weighted by Crippen LogP contribution is 2.26. The standard InChI is InChI=1S/C8H11NO/c1-6-2-3-8(10)7(4-6)5-9/h7-8,10H,1-4H2. The molecule has 1 aliphatic carbocycles. The summed E-state index contributed by atoms with van der Waals surface area (Å²) in [7, 11) is 0. The van der Waals surface area contributed by atoms with Gasteiger partial charge in [-0.05, 0) is 19.3 Å². The van der Waals surface area contributed by atoms with Crippen molar-refractivity contribution in [3.63, 3.8) is 0 Å². The first-order valence-electron chi connectivity index (χ1n) is 3.48. The van der Waals surface area contributed by atoms with Crippen LogP contribution in [0, 0.1) is 17.2 Å². The largest absolute Gasteiger partial charge is 0.392 e. The molecule has 10 heavy (non-hydrogen) atoms. The van der Waals surface area contributed by atoms with Crippen LogP contribution in [0.15, 0.2) is 12.2 Å². The summed E-state index contributed by atoms with van der Waals surface area (Å²) in [6.45, 7) is 3.78. The molecule has 1 rings (SSSR count). The van der Waals surface area contributed by atoms with Crippen LogP contribution in [0.5, 0.6) is 0 Å². The normalized spacial score (nSPS) is 33.4. The molecule has 0 aliphatic heterocycles. The molecule has 0 bridgehead atoms. The number of rotatable bonds is 0. The van der Waals surface area contributed by atoms with Crippen LogP contribution in [0.4, 0.5) is 0 Å². The summed E-state index contributed by atoms with van der Waals surface area (Å²) in [5.74, 6) is -0.207. The molecule has 0 spiro atoms. The van der Waals surface area contributed by atoms with Gasteiger partial charge in [-0.25, -0.2) is 0 Å². The van der Waals surface area contributed by atoms with E-state index in [-0.39, 0.29) is 5.92 Å². The van der Waals surface area contributed by atoms with Gasteiger partial charge in [0.1, 0.15) is 0 Å². The molecule has 0 amide bonds. The van der Waals surface area contributed by atoms with Crippen LogP contribution >= 0.6 is 0 Å². The Bertz CT molecular complexity index is 180. The summed E-state index contributed by atoms with van der Waals surface area (Å²) < 4.78 is 0. The van der Waals surface area contributed by atoms with E-state index >= 15 is 0 Å². The molecule has 1 aliphatic rings. The number of nitriles is 1. The second kappa shape index (κ2) is 2.85. The third kappa shape index (κ3) is 1.37. The SMILES string of the molecule is C=C1CCC(O)C(C#N)C1. The van der Waals surface area contributed by atoms with E-state index in [1.54, 1.807) is 0 Å². The highest BCUT2D eigenvalue weighted by molar-refractivity contribution is 5.07. The fourth-order valence-electron chi connectivity index (χ4n) is 1.23. The molecule has 2 atom stereocenters. The maximum absolute atomic E-state index is 9.22. The van der Waals surface area contributed by atoms with Gasteiger partial charge in [-0.2, -0.15) is 5.26 Å². The molecule has 54 valence electrons. The van der Waals surface area contributed by atoms with Crippen molar-refractivity contribution >= 4 is 0 Å². The average Bonchev–Trinajstić information content (AvgIpc) is 1.94. The molecular weight excluding hydrogens is 126 g/mol. The van der Waals surface area contributed by atoms with Crippen molar-refractivity contribution in [3.8, 4) is 6.07 Å². The van der Waals surface area contributed by atoms with Crippen molar-refractivity contribution < 1.29 is 5.11 Å². The highest BCUT2D eigenvalue weighted by atomic mass is 16.3. The first-order valence-corrected chi connectivity index (χ1v) is 3.48. The molecule has 2 heteroatoms. The first kappa shape index (κ1) is 7.30. The quantitative estimate of drug-likeness (QED) is 0.510. The first-order chi connectivity index (χ1) is 4.74. The van der Waals surface area contributed by atoms with Crippen LogP contribution in [0.25, 0.3) is 0 Å². The Morgan fingerprint density at radius 1 is 1.70 bits per heavy atom. The number of hydrogen-bond donors (Lipinski definition) is 1. The maximum atomic E-state index is 9.22. The van der Waals surface area contributed by atoms with E-state index in [4.69, 9.17) is 5.26 Å². The smallest absolute Gasteiger partial charge is 0.0759 e. The molecule has 0 aromatic heterocycles. The third-order valence-corrected chi connectivity index (χ3v) is 1.93. The van der Waals surface area contributed by atoms with Crippen molar-refractivity contribution in [2.24, 2.45) is 5.92 Å². The van der Waals surface area contributed by atoms with Crippen molar-refractivity contribution in [1.82, 2.24) is 0 Å². The predicted octanol–water partition coefficient (Wildman–Crippen LogP) is 1.23. The van der Waals surface area contributed by atoms with E-state index in [1.807, 2.05) is 0 Å². The second-order valence-corrected chi connectivity index (χ2v) is 2.80. The van der Waals surface area contributed by atoms with Gasteiger partial charge in [0.25, 0.3) is 0 Å². The Kier molecular flexibility index (Phi) is 2.08. The average molecular weight is 137 g/mol. The second-order valence-electron chi connectivity index (χ2n) is 2.80. The molecule has 0 heterocycles. The van der Waals surface area contributed by atoms with Gasteiger partial charge >= 0.3 is 0 Å². The van der Waals surface area contributed by atoms with Gasteiger partial charge in [0, 0.05) is 0 Å². The van der Waals surface area contributed by atoms with E-state index in [0.717, 1.165) is 12.0 Å². The summed E-state index contributed by atoms with van der Waals surface area (Å²) in [6, 6.07) is 2.07. The lowest BCUT2D eigenvalue weighted by molar-refractivity contribution is 0.111. The lowest BCUT2D eigenvalue weighted by atomic mass is 9.85. The maximum Gasteiger partial charge on any atom is 0.0759 e. The Hall–Kier alpha value is -0.810. The molecule has 0 aromatic carbocycles. The fraction of sp³-hybridized carbons (Fsp3) is 0.625. The molecule has 0 saturated heterocycles. The van der Waals surface area contributed by atoms with Crippen LogP contribution in [0.1, 0.15) is 19.3 Å². The van der Waals surface area contributed by atoms with Crippen LogP contribution < -0.4 is 0 Å². The Labute approximate surface area is 60.8 Å². The van der Waals surface area contributed by atoms with Crippen LogP contribution in [0.2, 0.25) is 0 Å². The van der Waals surface area contributed by atoms with Gasteiger partial charge in [-0.3, -0.25) is 0 Å². The van der Waals surface area contributed by atoms with Crippen molar-refractivity contribution in [3.05, 3.63) is 12.2 Å². The number of nitrogens with zero attached hydrogens (tertiary/aromatic N) is 1. The summed E-state index contributed by atoms with van der Waals surface area (Å²) in [5.41, 5.74) is 1.09. The zero-order chi connectivity index (χ0) is 7.56. The fourth-order valence-corrected chi connectivity index (χ4v) is 1.23. The molecule has 0 aromatic rings. The topological polar surface area (TPSA) is 44.0 Å². The predicted molar refractivity (Wildman–Crippen MR) is 38.1 cm³/mol. The van der Waals surface area contributed by atoms with Crippen LogP contribution in [0.3, 0.4) is 0 Å². The summed E-state index contributed by atoms with van der Waals surface area (Å²) in [6.07, 6.45) is 1.84. The molecule has 1 saturated carbocycles. The Balaban J connectivity index is 2.56. The zero-order valence-electron chi connectivity index (χ0n) is 5.88. The molecular formula is C8H11NO. The van der Waals surface area contributed by atoms with Gasteiger partial charge < -0.3 is 5.11 Å². The monoisotopic (exact) mass is 137 g/mol. The van der Waals surface area contributed by atoms with Gasteiger partial charge in [-0.1, -0.05) is 12.2 Å². The van der Waals surface area contributed by atoms with E-state index < -0.39 is 6.10 Å². The Morgan fingerprint density at radius 3 is 2.90 bits per heavy atom. The van der Waals surface area contributed by atoms with Crippen molar-refractivity contribution in [2.45, 2.75) is 25.4 Å². The number of hydrogen-bond acceptors (Lipinski definition) is 2. The number of aliphatic hydroxyl groups excluding tert-OH is 1. The molecule has 1 N–H and O–H groups in total. The molecule has 2 unspecified atom stereocenters. The molecule has 0 radical (unpaired) electrons. The lowest BCUT2D eigenvalue weighted by Crippen LogP contribution is -2.23. The minimum absolute atomic E-state index is 0.207. The lowest BCUT2D eigenvalue weighted by Gasteiger charge is -2.23. The van der Waals surface area contributed by atoms with Crippen molar-refractivity contribution in [1.29, 1.82) is 5.26 Å². The van der Waals surface area contributed by atoms with E-state index in [2.05, 4.69) is 12.6 Å². The van der Waals surface area contributed by atoms with Crippen LogP contribution in [-0.4, -0.2) is 11.2 Å². The number of aliphatic hydroxyl groups is 1. The summed E-state index contributed by atoms with van der Waals surface area (Å²) in [4.78, 5) is 0. The minimum atomic E-state index is -0.421. The zero-order valence-corrected chi connectivity index (χ0v) is 5.88. The van der Waals surface area contributed by atoms with Gasteiger partial charge in [0.2, 0.25) is 0 Å². The van der Waals surface area contributed by atoms with Crippen LogP contribution in [-0.2, 0) is 0 Å². The number of allylic oxidation sites excluding steroid dienone is 1.